The average molecular weight is 321 g/mol. The Kier molecular flexibility index (Phi) is 5.12. The van der Waals surface area contributed by atoms with Gasteiger partial charge in [0, 0.05) is 17.4 Å². The number of methoxy groups -OCH3 is 1. The lowest BCUT2D eigenvalue weighted by Gasteiger charge is -2.15. The van der Waals surface area contributed by atoms with Crippen molar-refractivity contribution in [2.24, 2.45) is 0 Å². The van der Waals surface area contributed by atoms with E-state index in [1.54, 1.807) is 49.4 Å². The second-order valence-corrected chi connectivity index (χ2v) is 5.08. The maximum Gasteiger partial charge on any atom is 0.265 e. The maximum absolute atomic E-state index is 12.1. The van der Waals surface area contributed by atoms with Gasteiger partial charge in [0.25, 0.3) is 5.91 Å². The van der Waals surface area contributed by atoms with Gasteiger partial charge in [-0.3, -0.25) is 4.79 Å². The molecule has 22 heavy (non-hydrogen) atoms. The second-order valence-electron chi connectivity index (χ2n) is 4.67. The predicted molar refractivity (Wildman–Crippen MR) is 87.6 cm³/mol. The molecule has 3 N–H and O–H groups in total. The van der Waals surface area contributed by atoms with Gasteiger partial charge in [0.2, 0.25) is 0 Å². The molecule has 1 atom stereocenters. The van der Waals surface area contributed by atoms with Crippen molar-refractivity contribution in [3.8, 4) is 11.5 Å². The van der Waals surface area contributed by atoms with Crippen molar-refractivity contribution in [1.82, 2.24) is 0 Å². The van der Waals surface area contributed by atoms with Gasteiger partial charge in [-0.1, -0.05) is 17.7 Å². The fraction of sp³-hybridized carbons (Fsp3) is 0.188. The molecular formula is C16H17ClN2O3. The highest BCUT2D eigenvalue weighted by molar-refractivity contribution is 6.32. The van der Waals surface area contributed by atoms with E-state index < -0.39 is 6.10 Å². The summed E-state index contributed by atoms with van der Waals surface area (Å²) in [7, 11) is 1.53. The molecule has 0 spiro atoms. The summed E-state index contributed by atoms with van der Waals surface area (Å²) in [5.74, 6) is 0.794. The van der Waals surface area contributed by atoms with Crippen LogP contribution in [0.2, 0.25) is 5.02 Å². The van der Waals surface area contributed by atoms with E-state index >= 15 is 0 Å². The van der Waals surface area contributed by atoms with Crippen LogP contribution in [0.25, 0.3) is 0 Å². The highest BCUT2D eigenvalue weighted by atomic mass is 35.5. The number of carbonyl (C=O) groups excluding carboxylic acids is 1. The number of amides is 1. The van der Waals surface area contributed by atoms with E-state index in [1.807, 2.05) is 0 Å². The van der Waals surface area contributed by atoms with Crippen molar-refractivity contribution in [1.29, 1.82) is 0 Å². The fourth-order valence-electron chi connectivity index (χ4n) is 1.83. The van der Waals surface area contributed by atoms with Crippen LogP contribution in [-0.2, 0) is 4.79 Å². The first kappa shape index (κ1) is 16.0. The number of nitrogens with two attached hydrogens (primary N) is 1. The number of hydrogen-bond donors (Lipinski definition) is 2. The van der Waals surface area contributed by atoms with Crippen molar-refractivity contribution >= 4 is 28.9 Å². The summed E-state index contributed by atoms with van der Waals surface area (Å²) in [6, 6.07) is 11.9. The Labute approximate surface area is 134 Å². The third-order valence-corrected chi connectivity index (χ3v) is 3.25. The number of rotatable bonds is 5. The van der Waals surface area contributed by atoms with Crippen LogP contribution in [0.3, 0.4) is 0 Å². The van der Waals surface area contributed by atoms with E-state index in [-0.39, 0.29) is 5.91 Å². The average Bonchev–Trinajstić information content (AvgIpc) is 2.47. The number of benzene rings is 2. The highest BCUT2D eigenvalue weighted by Gasteiger charge is 2.15. The van der Waals surface area contributed by atoms with E-state index in [1.165, 1.54) is 7.11 Å². The predicted octanol–water partition coefficient (Wildman–Crippen LogP) is 3.34. The van der Waals surface area contributed by atoms with Crippen LogP contribution >= 0.6 is 11.6 Å². The molecule has 1 amide bonds. The third-order valence-electron chi connectivity index (χ3n) is 2.96. The minimum Gasteiger partial charge on any atom is -0.495 e. The molecule has 6 heteroatoms. The molecule has 0 radical (unpaired) electrons. The molecule has 2 aromatic carbocycles. The van der Waals surface area contributed by atoms with Gasteiger partial charge in [0.1, 0.15) is 11.5 Å². The summed E-state index contributed by atoms with van der Waals surface area (Å²) in [6.07, 6.45) is -0.678. The van der Waals surface area contributed by atoms with Crippen molar-refractivity contribution in [2.45, 2.75) is 13.0 Å². The van der Waals surface area contributed by atoms with Crippen LogP contribution in [0.4, 0.5) is 11.4 Å². The Bertz CT molecular complexity index is 676. The quantitative estimate of drug-likeness (QED) is 0.829. The minimum atomic E-state index is -0.678. The molecule has 0 bridgehead atoms. The van der Waals surface area contributed by atoms with Crippen LogP contribution < -0.4 is 20.5 Å². The normalized spacial score (nSPS) is 11.6. The molecule has 0 saturated heterocycles. The van der Waals surface area contributed by atoms with Gasteiger partial charge in [-0.05, 0) is 37.3 Å². The first-order chi connectivity index (χ1) is 10.5. The molecule has 0 aliphatic heterocycles. The Hall–Kier alpha value is -2.40. The highest BCUT2D eigenvalue weighted by Crippen LogP contribution is 2.27. The molecule has 0 aromatic heterocycles. The van der Waals surface area contributed by atoms with Gasteiger partial charge in [-0.25, -0.2) is 0 Å². The summed E-state index contributed by atoms with van der Waals surface area (Å²) < 4.78 is 10.6. The van der Waals surface area contributed by atoms with E-state index in [4.69, 9.17) is 26.8 Å². The molecule has 0 heterocycles. The summed E-state index contributed by atoms with van der Waals surface area (Å²) in [5, 5.41) is 3.15. The number of nitrogens with one attached hydrogen (secondary N) is 1. The van der Waals surface area contributed by atoms with E-state index in [9.17, 15) is 4.79 Å². The molecule has 116 valence electrons. The van der Waals surface area contributed by atoms with E-state index in [2.05, 4.69) is 5.32 Å². The standard InChI is InChI=1S/C16H17ClN2O3/c1-10(22-13-5-3-4-11(18)8-13)16(20)19-12-6-7-15(21-2)14(17)9-12/h3-10H,18H2,1-2H3,(H,19,20). The van der Waals surface area contributed by atoms with Gasteiger partial charge in [-0.2, -0.15) is 0 Å². The van der Waals surface area contributed by atoms with Crippen LogP contribution in [0.1, 0.15) is 6.92 Å². The molecule has 2 rings (SSSR count). The largest absolute Gasteiger partial charge is 0.495 e. The zero-order chi connectivity index (χ0) is 16.1. The SMILES string of the molecule is COc1ccc(NC(=O)C(C)Oc2cccc(N)c2)cc1Cl. The Morgan fingerprint density at radius 1 is 1.27 bits per heavy atom. The van der Waals surface area contributed by atoms with Gasteiger partial charge >= 0.3 is 0 Å². The van der Waals surface area contributed by atoms with Gasteiger partial charge in [-0.15, -0.1) is 0 Å². The summed E-state index contributed by atoms with van der Waals surface area (Å²) in [5.41, 5.74) is 6.82. The number of nitrogen functional groups attached to an aromatic ring is 1. The molecule has 0 aliphatic carbocycles. The number of anilines is 2. The minimum absolute atomic E-state index is 0.288. The van der Waals surface area contributed by atoms with Crippen molar-refractivity contribution in [3.63, 3.8) is 0 Å². The second kappa shape index (κ2) is 7.04. The van der Waals surface area contributed by atoms with Gasteiger partial charge in [0.15, 0.2) is 6.10 Å². The molecular weight excluding hydrogens is 304 g/mol. The zero-order valence-corrected chi connectivity index (χ0v) is 13.1. The Morgan fingerprint density at radius 3 is 2.68 bits per heavy atom. The smallest absolute Gasteiger partial charge is 0.265 e. The van der Waals surface area contributed by atoms with Crippen molar-refractivity contribution in [3.05, 3.63) is 47.5 Å². The Morgan fingerprint density at radius 2 is 2.05 bits per heavy atom. The number of halogens is 1. The summed E-state index contributed by atoms with van der Waals surface area (Å²) in [4.78, 5) is 12.1. The lowest BCUT2D eigenvalue weighted by molar-refractivity contribution is -0.122. The lowest BCUT2D eigenvalue weighted by Crippen LogP contribution is -2.30. The van der Waals surface area contributed by atoms with E-state index in [0.717, 1.165) is 0 Å². The monoisotopic (exact) mass is 320 g/mol. The van der Waals surface area contributed by atoms with Crippen LogP contribution in [0.5, 0.6) is 11.5 Å². The van der Waals surface area contributed by atoms with Gasteiger partial charge < -0.3 is 20.5 Å². The first-order valence-electron chi connectivity index (χ1n) is 6.66. The molecule has 0 saturated carbocycles. The third kappa shape index (κ3) is 4.05. The Balaban J connectivity index is 2.00. The van der Waals surface area contributed by atoms with Crippen molar-refractivity contribution < 1.29 is 14.3 Å². The molecule has 1 unspecified atom stereocenters. The summed E-state index contributed by atoms with van der Waals surface area (Å²) >= 11 is 6.02. The molecule has 5 nitrogen and oxygen atoms in total. The van der Waals surface area contributed by atoms with Gasteiger partial charge in [0.05, 0.1) is 12.1 Å². The topological polar surface area (TPSA) is 73.6 Å². The van der Waals surface area contributed by atoms with Crippen LogP contribution in [0.15, 0.2) is 42.5 Å². The zero-order valence-electron chi connectivity index (χ0n) is 12.3. The molecule has 0 fully saturated rings. The van der Waals surface area contributed by atoms with Crippen molar-refractivity contribution in [2.75, 3.05) is 18.2 Å². The van der Waals surface area contributed by atoms with Crippen LogP contribution in [-0.4, -0.2) is 19.1 Å². The number of hydrogen-bond acceptors (Lipinski definition) is 4. The molecule has 0 aliphatic rings. The number of ether oxygens (including phenoxy) is 2. The fourth-order valence-corrected chi connectivity index (χ4v) is 2.09. The maximum atomic E-state index is 12.1. The first-order valence-corrected chi connectivity index (χ1v) is 7.04. The van der Waals surface area contributed by atoms with E-state index in [0.29, 0.717) is 27.9 Å². The number of carbonyl (C=O) groups is 1. The molecule has 2 aromatic rings. The lowest BCUT2D eigenvalue weighted by atomic mass is 10.2. The van der Waals surface area contributed by atoms with Crippen LogP contribution in [0, 0.1) is 0 Å². The summed E-state index contributed by atoms with van der Waals surface area (Å²) in [6.45, 7) is 1.66.